The van der Waals surface area contributed by atoms with Crippen LogP contribution in [0.15, 0.2) is 36.7 Å². The monoisotopic (exact) mass is 382 g/mol. The Hall–Kier alpha value is -2.60. The van der Waals surface area contributed by atoms with Crippen molar-refractivity contribution in [1.82, 2.24) is 9.88 Å². The van der Waals surface area contributed by atoms with Crippen LogP contribution < -0.4 is 10.2 Å². The van der Waals surface area contributed by atoms with Crippen LogP contribution in [0.1, 0.15) is 27.9 Å². The second kappa shape index (κ2) is 9.55. The number of piperazine rings is 1. The van der Waals surface area contributed by atoms with Crippen LogP contribution in [0.2, 0.25) is 0 Å². The average molecular weight is 383 g/mol. The molecular formula is C22H30N4O2. The van der Waals surface area contributed by atoms with E-state index in [0.29, 0.717) is 12.2 Å². The SMILES string of the molecule is COCCCNc1cncc(C(=O)N2CCN(c3cccc(C)c3C)CC2)c1. The number of carbonyl (C=O) groups excluding carboxylic acids is 1. The van der Waals surface area contributed by atoms with Crippen molar-refractivity contribution in [3.05, 3.63) is 53.3 Å². The first-order valence-electron chi connectivity index (χ1n) is 9.88. The van der Waals surface area contributed by atoms with Gasteiger partial charge in [0.25, 0.3) is 5.91 Å². The van der Waals surface area contributed by atoms with E-state index in [1.807, 2.05) is 11.0 Å². The molecule has 1 aliphatic heterocycles. The minimum atomic E-state index is 0.0497. The van der Waals surface area contributed by atoms with E-state index in [2.05, 4.69) is 47.2 Å². The van der Waals surface area contributed by atoms with Crippen LogP contribution in [-0.4, -0.2) is 62.2 Å². The third kappa shape index (κ3) is 4.81. The highest BCUT2D eigenvalue weighted by Gasteiger charge is 2.23. The minimum Gasteiger partial charge on any atom is -0.385 e. The molecule has 0 radical (unpaired) electrons. The average Bonchev–Trinajstić information content (AvgIpc) is 2.73. The van der Waals surface area contributed by atoms with Gasteiger partial charge in [-0.1, -0.05) is 12.1 Å². The van der Waals surface area contributed by atoms with E-state index < -0.39 is 0 Å². The zero-order chi connectivity index (χ0) is 19.9. The molecule has 3 rings (SSSR count). The van der Waals surface area contributed by atoms with Crippen LogP contribution in [0.3, 0.4) is 0 Å². The molecule has 1 aliphatic rings. The van der Waals surface area contributed by atoms with E-state index in [9.17, 15) is 4.79 Å². The Morgan fingerprint density at radius 1 is 1.18 bits per heavy atom. The minimum absolute atomic E-state index is 0.0497. The molecule has 0 spiro atoms. The van der Waals surface area contributed by atoms with Crippen molar-refractivity contribution in [2.75, 3.05) is 56.7 Å². The molecule has 0 aliphatic carbocycles. The molecule has 1 aromatic carbocycles. The number of aryl methyl sites for hydroxylation is 1. The van der Waals surface area contributed by atoms with Gasteiger partial charge in [0, 0.05) is 64.5 Å². The molecule has 1 fully saturated rings. The second-order valence-electron chi connectivity index (χ2n) is 7.23. The predicted molar refractivity (Wildman–Crippen MR) is 113 cm³/mol. The van der Waals surface area contributed by atoms with E-state index in [0.717, 1.165) is 44.8 Å². The van der Waals surface area contributed by atoms with Crippen molar-refractivity contribution in [2.24, 2.45) is 0 Å². The number of methoxy groups -OCH3 is 1. The molecule has 28 heavy (non-hydrogen) atoms. The van der Waals surface area contributed by atoms with Gasteiger partial charge in [0.1, 0.15) is 0 Å². The van der Waals surface area contributed by atoms with Crippen LogP contribution in [0, 0.1) is 13.8 Å². The fourth-order valence-corrected chi connectivity index (χ4v) is 3.51. The van der Waals surface area contributed by atoms with Gasteiger partial charge in [0.15, 0.2) is 0 Å². The molecule has 0 bridgehead atoms. The number of hydrogen-bond acceptors (Lipinski definition) is 5. The van der Waals surface area contributed by atoms with E-state index in [-0.39, 0.29) is 5.91 Å². The van der Waals surface area contributed by atoms with Gasteiger partial charge in [-0.25, -0.2) is 0 Å². The van der Waals surface area contributed by atoms with Crippen LogP contribution in [0.4, 0.5) is 11.4 Å². The topological polar surface area (TPSA) is 57.7 Å². The first-order valence-corrected chi connectivity index (χ1v) is 9.88. The molecule has 0 atom stereocenters. The van der Waals surface area contributed by atoms with Crippen LogP contribution in [0.25, 0.3) is 0 Å². The van der Waals surface area contributed by atoms with Gasteiger partial charge >= 0.3 is 0 Å². The molecular weight excluding hydrogens is 352 g/mol. The number of nitrogens with zero attached hydrogens (tertiary/aromatic N) is 3. The van der Waals surface area contributed by atoms with E-state index in [4.69, 9.17) is 4.74 Å². The number of pyridine rings is 1. The summed E-state index contributed by atoms with van der Waals surface area (Å²) in [6.45, 7) is 8.94. The number of amides is 1. The highest BCUT2D eigenvalue weighted by atomic mass is 16.5. The molecule has 2 aromatic rings. The lowest BCUT2D eigenvalue weighted by Gasteiger charge is -2.37. The van der Waals surface area contributed by atoms with E-state index in [1.54, 1.807) is 19.5 Å². The number of aromatic nitrogens is 1. The van der Waals surface area contributed by atoms with Gasteiger partial charge in [-0.2, -0.15) is 0 Å². The molecule has 2 heterocycles. The van der Waals surface area contributed by atoms with Crippen molar-refractivity contribution in [3.8, 4) is 0 Å². The highest BCUT2D eigenvalue weighted by Crippen LogP contribution is 2.24. The summed E-state index contributed by atoms with van der Waals surface area (Å²) in [5.41, 5.74) is 5.40. The van der Waals surface area contributed by atoms with Gasteiger partial charge in [-0.3, -0.25) is 9.78 Å². The molecule has 6 heteroatoms. The Morgan fingerprint density at radius 3 is 2.71 bits per heavy atom. The molecule has 1 amide bonds. The third-order valence-electron chi connectivity index (χ3n) is 5.32. The summed E-state index contributed by atoms with van der Waals surface area (Å²) >= 11 is 0. The fourth-order valence-electron chi connectivity index (χ4n) is 3.51. The normalized spacial score (nSPS) is 14.2. The maximum Gasteiger partial charge on any atom is 0.255 e. The maximum atomic E-state index is 12.9. The van der Waals surface area contributed by atoms with Crippen molar-refractivity contribution in [3.63, 3.8) is 0 Å². The Bertz CT molecular complexity index is 801. The summed E-state index contributed by atoms with van der Waals surface area (Å²) in [5, 5.41) is 3.30. The number of carbonyl (C=O) groups is 1. The molecule has 1 saturated heterocycles. The number of ether oxygens (including phenoxy) is 1. The largest absolute Gasteiger partial charge is 0.385 e. The van der Waals surface area contributed by atoms with Gasteiger partial charge in [0.05, 0.1) is 11.3 Å². The lowest BCUT2D eigenvalue weighted by molar-refractivity contribution is 0.0746. The van der Waals surface area contributed by atoms with Gasteiger partial charge < -0.3 is 19.9 Å². The van der Waals surface area contributed by atoms with Crippen LogP contribution in [0.5, 0.6) is 0 Å². The first-order chi connectivity index (χ1) is 13.6. The van der Waals surface area contributed by atoms with E-state index >= 15 is 0 Å². The van der Waals surface area contributed by atoms with Crippen molar-refractivity contribution >= 4 is 17.3 Å². The standard InChI is InChI=1S/C22H30N4O2/c1-17-6-4-7-21(18(17)2)25-9-11-26(12-10-25)22(27)19-14-20(16-23-15-19)24-8-5-13-28-3/h4,6-7,14-16,24H,5,8-13H2,1-3H3. The van der Waals surface area contributed by atoms with Crippen molar-refractivity contribution < 1.29 is 9.53 Å². The van der Waals surface area contributed by atoms with Crippen LogP contribution in [-0.2, 0) is 4.74 Å². The molecule has 0 saturated carbocycles. The maximum absolute atomic E-state index is 12.9. The van der Waals surface area contributed by atoms with Crippen LogP contribution >= 0.6 is 0 Å². The van der Waals surface area contributed by atoms with Gasteiger partial charge in [-0.05, 0) is 43.5 Å². The summed E-state index contributed by atoms with van der Waals surface area (Å²) in [6.07, 6.45) is 4.32. The fraction of sp³-hybridized carbons (Fsp3) is 0.455. The van der Waals surface area contributed by atoms with Gasteiger partial charge in [0.2, 0.25) is 0 Å². The number of hydrogen-bond donors (Lipinski definition) is 1. The zero-order valence-electron chi connectivity index (χ0n) is 17.1. The molecule has 0 unspecified atom stereocenters. The van der Waals surface area contributed by atoms with E-state index in [1.165, 1.54) is 16.8 Å². The highest BCUT2D eigenvalue weighted by molar-refractivity contribution is 5.95. The molecule has 1 N–H and O–H groups in total. The summed E-state index contributed by atoms with van der Waals surface area (Å²) in [4.78, 5) is 21.4. The number of rotatable bonds is 7. The number of anilines is 2. The van der Waals surface area contributed by atoms with Gasteiger partial charge in [-0.15, -0.1) is 0 Å². The Balaban J connectivity index is 1.58. The summed E-state index contributed by atoms with van der Waals surface area (Å²) in [7, 11) is 1.70. The summed E-state index contributed by atoms with van der Waals surface area (Å²) < 4.78 is 5.06. The van der Waals surface area contributed by atoms with Crippen molar-refractivity contribution in [2.45, 2.75) is 20.3 Å². The molecule has 6 nitrogen and oxygen atoms in total. The zero-order valence-corrected chi connectivity index (χ0v) is 17.1. The van der Waals surface area contributed by atoms with Crippen molar-refractivity contribution in [1.29, 1.82) is 0 Å². The summed E-state index contributed by atoms with van der Waals surface area (Å²) in [5.74, 6) is 0.0497. The first kappa shape index (κ1) is 20.1. The lowest BCUT2D eigenvalue weighted by atomic mass is 10.1. The number of benzene rings is 1. The predicted octanol–water partition coefficient (Wildman–Crippen LogP) is 3.11. The Kier molecular flexibility index (Phi) is 6.87. The quantitative estimate of drug-likeness (QED) is 0.746. The molecule has 1 aromatic heterocycles. The Labute approximate surface area is 167 Å². The molecule has 150 valence electrons. The Morgan fingerprint density at radius 2 is 1.96 bits per heavy atom. The lowest BCUT2D eigenvalue weighted by Crippen LogP contribution is -2.49. The third-order valence-corrected chi connectivity index (χ3v) is 5.32. The summed E-state index contributed by atoms with van der Waals surface area (Å²) in [6, 6.07) is 8.30. The smallest absolute Gasteiger partial charge is 0.255 e. The number of nitrogens with one attached hydrogen (secondary N) is 1. The second-order valence-corrected chi connectivity index (χ2v) is 7.23.